The molecule has 0 aliphatic heterocycles. The molecular weight excluding hydrogens is 348 g/mol. The van der Waals surface area contributed by atoms with Crippen LogP contribution in [0.5, 0.6) is 0 Å². The second-order valence-corrected chi connectivity index (χ2v) is 8.06. The summed E-state index contributed by atoms with van der Waals surface area (Å²) in [6.07, 6.45) is 4.93. The number of fused-ring (bicyclic) bond motifs is 1. The predicted molar refractivity (Wildman–Crippen MR) is 92.8 cm³/mol. The predicted octanol–water partition coefficient (Wildman–Crippen LogP) is 4.56. The summed E-state index contributed by atoms with van der Waals surface area (Å²) >= 11 is 4.97. The second kappa shape index (κ2) is 5.61. The molecule has 112 valence electrons. The molecule has 0 bridgehead atoms. The first kappa shape index (κ1) is 14.9. The summed E-state index contributed by atoms with van der Waals surface area (Å²) in [4.78, 5) is 13.1. The summed E-state index contributed by atoms with van der Waals surface area (Å²) in [5.41, 5.74) is 7.01. The zero-order valence-electron chi connectivity index (χ0n) is 12.0. The van der Waals surface area contributed by atoms with Gasteiger partial charge in [-0.3, -0.25) is 4.79 Å². The molecule has 1 aromatic carbocycles. The third-order valence-electron chi connectivity index (χ3n) is 4.39. The highest BCUT2D eigenvalue weighted by Gasteiger charge is 2.29. The number of anilines is 1. The van der Waals surface area contributed by atoms with Gasteiger partial charge >= 0.3 is 0 Å². The maximum absolute atomic E-state index is 12.4. The number of nitrogens with two attached hydrogens (primary N) is 1. The van der Waals surface area contributed by atoms with Crippen LogP contribution in [-0.2, 0) is 0 Å². The molecule has 1 aliphatic rings. The van der Waals surface area contributed by atoms with Crippen LogP contribution in [0, 0.1) is 5.41 Å². The van der Waals surface area contributed by atoms with Crippen molar-refractivity contribution in [3.05, 3.63) is 27.5 Å². The number of carbonyl (C=O) groups is 1. The highest BCUT2D eigenvalue weighted by atomic mass is 79.9. The van der Waals surface area contributed by atoms with Gasteiger partial charge in [-0.25, -0.2) is 0 Å². The molecule has 0 atom stereocenters. The Morgan fingerprint density at radius 3 is 2.81 bits per heavy atom. The van der Waals surface area contributed by atoms with Crippen molar-refractivity contribution < 1.29 is 4.79 Å². The monoisotopic (exact) mass is 366 g/mol. The van der Waals surface area contributed by atoms with Crippen LogP contribution in [0.25, 0.3) is 10.1 Å². The van der Waals surface area contributed by atoms with Gasteiger partial charge in [0.25, 0.3) is 5.91 Å². The molecule has 1 aliphatic carbocycles. The SMILES string of the molecule is CC1(CNC(=O)c2sc3cccc(Br)c3c2N)CCCC1. The Bertz CT molecular complexity index is 689. The van der Waals surface area contributed by atoms with Gasteiger partial charge in [-0.1, -0.05) is 41.8 Å². The number of hydrogen-bond donors (Lipinski definition) is 2. The molecule has 0 radical (unpaired) electrons. The van der Waals surface area contributed by atoms with Crippen molar-refractivity contribution in [2.75, 3.05) is 12.3 Å². The zero-order valence-corrected chi connectivity index (χ0v) is 14.4. The summed E-state index contributed by atoms with van der Waals surface area (Å²) in [5.74, 6) is -0.0475. The van der Waals surface area contributed by atoms with Gasteiger partial charge in [-0.15, -0.1) is 11.3 Å². The smallest absolute Gasteiger partial charge is 0.263 e. The van der Waals surface area contributed by atoms with E-state index < -0.39 is 0 Å². The average Bonchev–Trinajstić information content (AvgIpc) is 3.02. The van der Waals surface area contributed by atoms with E-state index in [1.807, 2.05) is 18.2 Å². The summed E-state index contributed by atoms with van der Waals surface area (Å²) < 4.78 is 1.98. The lowest BCUT2D eigenvalue weighted by atomic mass is 9.89. The number of halogens is 1. The van der Waals surface area contributed by atoms with Crippen LogP contribution in [0.2, 0.25) is 0 Å². The minimum absolute atomic E-state index is 0.0475. The van der Waals surface area contributed by atoms with Crippen molar-refractivity contribution in [1.29, 1.82) is 0 Å². The van der Waals surface area contributed by atoms with Crippen molar-refractivity contribution in [3.63, 3.8) is 0 Å². The summed E-state index contributed by atoms with van der Waals surface area (Å²) in [5, 5.41) is 4.02. The van der Waals surface area contributed by atoms with E-state index in [2.05, 4.69) is 28.2 Å². The summed E-state index contributed by atoms with van der Waals surface area (Å²) in [7, 11) is 0. The normalized spacial score (nSPS) is 17.2. The number of nitrogens with one attached hydrogen (secondary N) is 1. The zero-order chi connectivity index (χ0) is 15.0. The van der Waals surface area contributed by atoms with E-state index in [1.54, 1.807) is 0 Å². The fourth-order valence-corrected chi connectivity index (χ4v) is 4.85. The van der Waals surface area contributed by atoms with E-state index in [4.69, 9.17) is 5.73 Å². The lowest BCUT2D eigenvalue weighted by Gasteiger charge is -2.23. The van der Waals surface area contributed by atoms with Crippen molar-refractivity contribution >= 4 is 48.9 Å². The van der Waals surface area contributed by atoms with Gasteiger partial charge in [0.15, 0.2) is 0 Å². The van der Waals surface area contributed by atoms with Gasteiger partial charge in [0.2, 0.25) is 0 Å². The van der Waals surface area contributed by atoms with Crippen molar-refractivity contribution in [2.45, 2.75) is 32.6 Å². The Morgan fingerprint density at radius 1 is 1.43 bits per heavy atom. The molecule has 0 spiro atoms. The first-order valence-electron chi connectivity index (χ1n) is 7.25. The van der Waals surface area contributed by atoms with Crippen LogP contribution in [0.15, 0.2) is 22.7 Å². The van der Waals surface area contributed by atoms with Crippen LogP contribution >= 0.6 is 27.3 Å². The molecule has 0 unspecified atom stereocenters. The Hall–Kier alpha value is -1.07. The summed E-state index contributed by atoms with van der Waals surface area (Å²) in [6, 6.07) is 5.91. The molecule has 3 N–H and O–H groups in total. The average molecular weight is 367 g/mol. The van der Waals surface area contributed by atoms with E-state index in [0.717, 1.165) is 21.1 Å². The highest BCUT2D eigenvalue weighted by molar-refractivity contribution is 9.10. The van der Waals surface area contributed by atoms with Crippen LogP contribution in [-0.4, -0.2) is 12.5 Å². The Balaban J connectivity index is 1.82. The molecule has 21 heavy (non-hydrogen) atoms. The molecule has 0 saturated heterocycles. The van der Waals surface area contributed by atoms with Crippen LogP contribution in [0.4, 0.5) is 5.69 Å². The van der Waals surface area contributed by atoms with Crippen molar-refractivity contribution in [2.24, 2.45) is 5.41 Å². The fraction of sp³-hybridized carbons (Fsp3) is 0.438. The maximum atomic E-state index is 12.4. The maximum Gasteiger partial charge on any atom is 0.263 e. The number of hydrogen-bond acceptors (Lipinski definition) is 3. The molecule has 2 aromatic rings. The third-order valence-corrected chi connectivity index (χ3v) is 6.22. The Morgan fingerprint density at radius 2 is 2.14 bits per heavy atom. The molecule has 1 heterocycles. The fourth-order valence-electron chi connectivity index (χ4n) is 3.08. The Kier molecular flexibility index (Phi) is 3.97. The first-order chi connectivity index (χ1) is 10.0. The van der Waals surface area contributed by atoms with E-state index in [-0.39, 0.29) is 11.3 Å². The van der Waals surface area contributed by atoms with Gasteiger partial charge in [-0.2, -0.15) is 0 Å². The number of rotatable bonds is 3. The van der Waals surface area contributed by atoms with E-state index in [9.17, 15) is 4.79 Å². The van der Waals surface area contributed by atoms with E-state index in [0.29, 0.717) is 10.6 Å². The number of nitrogen functional groups attached to an aromatic ring is 1. The molecule has 1 amide bonds. The van der Waals surface area contributed by atoms with E-state index >= 15 is 0 Å². The van der Waals surface area contributed by atoms with Gasteiger partial charge < -0.3 is 11.1 Å². The first-order valence-corrected chi connectivity index (χ1v) is 8.86. The number of benzene rings is 1. The van der Waals surface area contributed by atoms with Gasteiger partial charge in [0.1, 0.15) is 4.88 Å². The van der Waals surface area contributed by atoms with Crippen LogP contribution in [0.1, 0.15) is 42.3 Å². The molecule has 1 aromatic heterocycles. The highest BCUT2D eigenvalue weighted by Crippen LogP contribution is 2.39. The number of thiophene rings is 1. The third kappa shape index (κ3) is 2.81. The van der Waals surface area contributed by atoms with Gasteiger partial charge in [-0.05, 0) is 30.4 Å². The number of carbonyl (C=O) groups excluding carboxylic acids is 1. The van der Waals surface area contributed by atoms with Crippen molar-refractivity contribution in [1.82, 2.24) is 5.32 Å². The minimum atomic E-state index is -0.0475. The Labute approximate surface area is 137 Å². The van der Waals surface area contributed by atoms with Crippen molar-refractivity contribution in [3.8, 4) is 0 Å². The quantitative estimate of drug-likeness (QED) is 0.836. The lowest BCUT2D eigenvalue weighted by molar-refractivity contribution is 0.0939. The standard InChI is InChI=1S/C16H19BrN2OS/c1-16(7-2-3-8-16)9-19-15(20)14-13(18)12-10(17)5-4-6-11(12)21-14/h4-6H,2-3,7-9,18H2,1H3,(H,19,20). The largest absolute Gasteiger partial charge is 0.397 e. The molecule has 3 nitrogen and oxygen atoms in total. The topological polar surface area (TPSA) is 55.1 Å². The second-order valence-electron chi connectivity index (χ2n) is 6.16. The van der Waals surface area contributed by atoms with E-state index in [1.165, 1.54) is 37.0 Å². The van der Waals surface area contributed by atoms with Gasteiger partial charge in [0, 0.05) is 21.1 Å². The molecule has 1 fully saturated rings. The summed E-state index contributed by atoms with van der Waals surface area (Å²) in [6.45, 7) is 2.99. The molecular formula is C16H19BrN2OS. The lowest BCUT2D eigenvalue weighted by Crippen LogP contribution is -2.34. The molecule has 3 rings (SSSR count). The van der Waals surface area contributed by atoms with Gasteiger partial charge in [0.05, 0.1) is 5.69 Å². The molecule has 1 saturated carbocycles. The molecule has 5 heteroatoms. The van der Waals surface area contributed by atoms with Crippen LogP contribution in [0.3, 0.4) is 0 Å². The van der Waals surface area contributed by atoms with Crippen LogP contribution < -0.4 is 11.1 Å². The number of amides is 1. The minimum Gasteiger partial charge on any atom is -0.397 e.